The van der Waals surface area contributed by atoms with Crippen molar-refractivity contribution in [3.8, 4) is 0 Å². The van der Waals surface area contributed by atoms with Gasteiger partial charge in [0.15, 0.2) is 12.6 Å². The van der Waals surface area contributed by atoms with Gasteiger partial charge in [-0.25, -0.2) is 0 Å². The molecule has 0 spiro atoms. The van der Waals surface area contributed by atoms with Gasteiger partial charge in [-0.2, -0.15) is 0 Å². The van der Waals surface area contributed by atoms with Gasteiger partial charge in [-0.3, -0.25) is 4.79 Å². The SMILES string of the molecule is CCCCCCCC/C=C/CC/C=C/C(O)C(COC1OC(CO)C(OC2OC(CO)C(O)C(O)C2O)C(O)C1O)NC(=O)CC. The molecule has 46 heavy (non-hydrogen) atoms. The predicted octanol–water partition coefficient (Wildman–Crippen LogP) is -0.474. The lowest BCUT2D eigenvalue weighted by Gasteiger charge is -2.46. The summed E-state index contributed by atoms with van der Waals surface area (Å²) in [4.78, 5) is 12.2. The van der Waals surface area contributed by atoms with E-state index in [2.05, 4.69) is 24.4 Å². The van der Waals surface area contributed by atoms with Crippen molar-refractivity contribution >= 4 is 5.91 Å². The zero-order valence-electron chi connectivity index (χ0n) is 27.0. The van der Waals surface area contributed by atoms with Crippen molar-refractivity contribution in [2.24, 2.45) is 0 Å². The second-order valence-corrected chi connectivity index (χ2v) is 11.9. The highest BCUT2D eigenvalue weighted by Crippen LogP contribution is 2.29. The number of allylic oxidation sites excluding steroid dienone is 3. The first kappa shape index (κ1) is 40.6. The number of hydrogen-bond acceptors (Lipinski definition) is 13. The molecule has 2 heterocycles. The van der Waals surface area contributed by atoms with Crippen LogP contribution in [0.25, 0.3) is 0 Å². The van der Waals surface area contributed by atoms with Gasteiger partial charge in [-0.15, -0.1) is 0 Å². The molecule has 268 valence electrons. The predicted molar refractivity (Wildman–Crippen MR) is 166 cm³/mol. The lowest BCUT2D eigenvalue weighted by molar-refractivity contribution is -0.359. The maximum atomic E-state index is 12.2. The fourth-order valence-electron chi connectivity index (χ4n) is 5.27. The third kappa shape index (κ3) is 12.8. The van der Waals surface area contributed by atoms with Crippen LogP contribution in [-0.4, -0.2) is 140 Å². The lowest BCUT2D eigenvalue weighted by atomic mass is 9.97. The number of rotatable bonds is 21. The lowest BCUT2D eigenvalue weighted by Crippen LogP contribution is -2.65. The second kappa shape index (κ2) is 22.2. The number of amides is 1. The van der Waals surface area contributed by atoms with Crippen molar-refractivity contribution in [1.82, 2.24) is 5.32 Å². The molecule has 0 saturated carbocycles. The van der Waals surface area contributed by atoms with Gasteiger partial charge in [0.2, 0.25) is 5.91 Å². The largest absolute Gasteiger partial charge is 0.394 e. The quantitative estimate of drug-likeness (QED) is 0.0560. The molecule has 9 N–H and O–H groups in total. The van der Waals surface area contributed by atoms with E-state index in [-0.39, 0.29) is 18.9 Å². The number of hydrogen-bond donors (Lipinski definition) is 9. The van der Waals surface area contributed by atoms with E-state index >= 15 is 0 Å². The summed E-state index contributed by atoms with van der Waals surface area (Å²) in [7, 11) is 0. The smallest absolute Gasteiger partial charge is 0.220 e. The summed E-state index contributed by atoms with van der Waals surface area (Å²) in [5.74, 6) is -0.343. The van der Waals surface area contributed by atoms with Gasteiger partial charge in [0.25, 0.3) is 0 Å². The van der Waals surface area contributed by atoms with Gasteiger partial charge >= 0.3 is 0 Å². The summed E-state index contributed by atoms with van der Waals surface area (Å²) in [6, 6.07) is -0.921. The Morgan fingerprint density at radius 1 is 0.761 bits per heavy atom. The minimum Gasteiger partial charge on any atom is -0.394 e. The summed E-state index contributed by atoms with van der Waals surface area (Å²) >= 11 is 0. The molecule has 2 aliphatic heterocycles. The van der Waals surface area contributed by atoms with Gasteiger partial charge in [-0.1, -0.05) is 70.3 Å². The van der Waals surface area contributed by atoms with E-state index in [0.29, 0.717) is 6.42 Å². The summed E-state index contributed by atoms with van der Waals surface area (Å²) < 4.78 is 22.1. The van der Waals surface area contributed by atoms with Crippen molar-refractivity contribution < 1.29 is 64.6 Å². The molecule has 12 unspecified atom stereocenters. The van der Waals surface area contributed by atoms with Crippen LogP contribution < -0.4 is 5.32 Å². The topological polar surface area (TPSA) is 228 Å². The van der Waals surface area contributed by atoms with E-state index in [1.54, 1.807) is 13.0 Å². The monoisotopic (exact) mass is 663 g/mol. The minimum atomic E-state index is -1.78. The Hall–Kier alpha value is -1.53. The molecule has 0 aromatic rings. The van der Waals surface area contributed by atoms with Crippen molar-refractivity contribution in [2.75, 3.05) is 19.8 Å². The number of ether oxygens (including phenoxy) is 4. The molecule has 2 fully saturated rings. The van der Waals surface area contributed by atoms with E-state index in [9.17, 15) is 45.6 Å². The normalized spacial score (nSPS) is 33.4. The Kier molecular flexibility index (Phi) is 19.6. The fourth-order valence-corrected chi connectivity index (χ4v) is 5.27. The van der Waals surface area contributed by atoms with Gasteiger partial charge in [0, 0.05) is 6.42 Å². The first-order valence-corrected chi connectivity index (χ1v) is 16.6. The van der Waals surface area contributed by atoms with Crippen molar-refractivity contribution in [3.63, 3.8) is 0 Å². The molecule has 2 saturated heterocycles. The Morgan fingerprint density at radius 2 is 1.37 bits per heavy atom. The molecular weight excluding hydrogens is 606 g/mol. The molecular formula is C32H57NO13. The van der Waals surface area contributed by atoms with Crippen molar-refractivity contribution in [2.45, 2.75) is 152 Å². The number of aliphatic hydroxyl groups is 8. The average molecular weight is 664 g/mol. The van der Waals surface area contributed by atoms with Crippen LogP contribution in [0.15, 0.2) is 24.3 Å². The summed E-state index contributed by atoms with van der Waals surface area (Å²) in [5, 5.41) is 84.7. The summed E-state index contributed by atoms with van der Waals surface area (Å²) in [5.41, 5.74) is 0. The highest BCUT2D eigenvalue weighted by molar-refractivity contribution is 5.75. The van der Waals surface area contributed by atoms with E-state index < -0.39 is 86.8 Å². The first-order chi connectivity index (χ1) is 22.1. The number of unbranched alkanes of at least 4 members (excludes halogenated alkanes) is 7. The van der Waals surface area contributed by atoms with Crippen LogP contribution in [0.3, 0.4) is 0 Å². The average Bonchev–Trinajstić information content (AvgIpc) is 3.05. The minimum absolute atomic E-state index is 0.154. The molecule has 0 aliphatic carbocycles. The molecule has 0 radical (unpaired) electrons. The highest BCUT2D eigenvalue weighted by Gasteiger charge is 2.50. The highest BCUT2D eigenvalue weighted by atomic mass is 16.7. The van der Waals surface area contributed by atoms with E-state index in [1.807, 2.05) is 6.08 Å². The number of carbonyl (C=O) groups is 1. The molecule has 0 bridgehead atoms. The molecule has 14 nitrogen and oxygen atoms in total. The maximum absolute atomic E-state index is 12.2. The van der Waals surface area contributed by atoms with Crippen LogP contribution in [-0.2, 0) is 23.7 Å². The Bertz CT molecular complexity index is 888. The Morgan fingerprint density at radius 3 is 2.04 bits per heavy atom. The Balaban J connectivity index is 1.91. The van der Waals surface area contributed by atoms with Crippen LogP contribution in [0.2, 0.25) is 0 Å². The van der Waals surface area contributed by atoms with Crippen LogP contribution in [0.5, 0.6) is 0 Å². The molecule has 2 rings (SSSR count). The van der Waals surface area contributed by atoms with E-state index in [1.165, 1.54) is 38.5 Å². The Labute approximate surface area is 271 Å². The van der Waals surface area contributed by atoms with Gasteiger partial charge < -0.3 is 65.1 Å². The van der Waals surface area contributed by atoms with E-state index in [0.717, 1.165) is 12.8 Å². The zero-order valence-corrected chi connectivity index (χ0v) is 27.0. The van der Waals surface area contributed by atoms with Crippen molar-refractivity contribution in [3.05, 3.63) is 24.3 Å². The first-order valence-electron chi connectivity index (χ1n) is 16.6. The second-order valence-electron chi connectivity index (χ2n) is 11.9. The standard InChI is InChI=1S/C32H57NO13/c1-3-5-6-7-8-9-10-11-12-13-14-15-16-21(36)20(33-24(37)4-2)19-43-31-29(42)27(40)30(23(18-35)45-31)46-32-28(41)26(39)25(38)22(17-34)44-32/h11-12,15-16,20-23,25-32,34-36,38-42H,3-10,13-14,17-19H2,1-2H3,(H,33,37)/b12-11+,16-15+. The van der Waals surface area contributed by atoms with Gasteiger partial charge in [-0.05, 0) is 25.7 Å². The van der Waals surface area contributed by atoms with Gasteiger partial charge in [0.05, 0.1) is 32.0 Å². The molecule has 0 aromatic carbocycles. The van der Waals surface area contributed by atoms with Crippen LogP contribution >= 0.6 is 0 Å². The number of aliphatic hydroxyl groups excluding tert-OH is 8. The van der Waals surface area contributed by atoms with Gasteiger partial charge in [0.1, 0.15) is 48.8 Å². The maximum Gasteiger partial charge on any atom is 0.220 e. The molecule has 12 atom stereocenters. The van der Waals surface area contributed by atoms with Crippen LogP contribution in [0.1, 0.15) is 78.1 Å². The third-order valence-corrected chi connectivity index (χ3v) is 8.20. The molecule has 2 aliphatic rings. The van der Waals surface area contributed by atoms with Crippen LogP contribution in [0.4, 0.5) is 0 Å². The van der Waals surface area contributed by atoms with E-state index in [4.69, 9.17) is 18.9 Å². The summed E-state index contributed by atoms with van der Waals surface area (Å²) in [6.07, 6.45) is 0.850. The molecule has 1 amide bonds. The number of carbonyl (C=O) groups excluding carboxylic acids is 1. The summed E-state index contributed by atoms with van der Waals surface area (Å²) in [6.45, 7) is 2.11. The molecule has 0 aromatic heterocycles. The van der Waals surface area contributed by atoms with Crippen molar-refractivity contribution in [1.29, 1.82) is 0 Å². The van der Waals surface area contributed by atoms with Crippen LogP contribution in [0, 0.1) is 0 Å². The fraction of sp³-hybridized carbons (Fsp3) is 0.844. The number of nitrogens with one attached hydrogen (secondary N) is 1. The molecule has 14 heteroatoms. The zero-order chi connectivity index (χ0) is 34.1. The third-order valence-electron chi connectivity index (χ3n) is 8.20.